The molecule has 98 valence electrons. The Morgan fingerprint density at radius 1 is 1.11 bits per heavy atom. The predicted octanol–water partition coefficient (Wildman–Crippen LogP) is 4.56. The first-order valence-corrected chi connectivity index (χ1v) is 7.06. The minimum atomic E-state index is 0.495. The molecule has 3 heteroatoms. The number of rotatable bonds is 5. The Morgan fingerprint density at radius 3 is 2.53 bits per heavy atom. The standard InChI is InChI=1S/C16H16BrNO/c1-2-13-6-8-14(9-7-13)12-19-18-11-15-4-3-5-16(17)10-15/h3-11H,2,12H2,1H3. The lowest BCUT2D eigenvalue weighted by atomic mass is 10.1. The Labute approximate surface area is 122 Å². The van der Waals surface area contributed by atoms with Crippen molar-refractivity contribution in [3.8, 4) is 0 Å². The van der Waals surface area contributed by atoms with Gasteiger partial charge in [0.15, 0.2) is 0 Å². The summed E-state index contributed by atoms with van der Waals surface area (Å²) < 4.78 is 1.03. The highest BCUT2D eigenvalue weighted by molar-refractivity contribution is 9.10. The molecule has 2 rings (SSSR count). The molecule has 0 N–H and O–H groups in total. The van der Waals surface area contributed by atoms with E-state index in [-0.39, 0.29) is 0 Å². The summed E-state index contributed by atoms with van der Waals surface area (Å²) in [6.45, 7) is 2.64. The molecule has 0 aliphatic carbocycles. The van der Waals surface area contributed by atoms with Gasteiger partial charge in [-0.2, -0.15) is 0 Å². The van der Waals surface area contributed by atoms with E-state index >= 15 is 0 Å². The molecule has 0 unspecified atom stereocenters. The van der Waals surface area contributed by atoms with E-state index < -0.39 is 0 Å². The molecule has 0 atom stereocenters. The monoisotopic (exact) mass is 317 g/mol. The zero-order valence-electron chi connectivity index (χ0n) is 10.8. The first-order valence-electron chi connectivity index (χ1n) is 6.26. The summed E-state index contributed by atoms with van der Waals surface area (Å²) in [6, 6.07) is 16.3. The van der Waals surface area contributed by atoms with Gasteiger partial charge in [0.2, 0.25) is 0 Å². The maximum absolute atomic E-state index is 5.29. The van der Waals surface area contributed by atoms with E-state index in [1.54, 1.807) is 6.21 Å². The second-order valence-corrected chi connectivity index (χ2v) is 5.15. The van der Waals surface area contributed by atoms with E-state index in [2.05, 4.69) is 52.3 Å². The van der Waals surface area contributed by atoms with Crippen LogP contribution in [-0.2, 0) is 17.9 Å². The van der Waals surface area contributed by atoms with Crippen LogP contribution in [0.5, 0.6) is 0 Å². The number of aryl methyl sites for hydroxylation is 1. The third-order valence-corrected chi connectivity index (χ3v) is 3.28. The highest BCUT2D eigenvalue weighted by Crippen LogP contribution is 2.10. The molecule has 0 saturated heterocycles. The maximum atomic E-state index is 5.29. The number of oxime groups is 1. The highest BCUT2D eigenvalue weighted by Gasteiger charge is 1.94. The SMILES string of the molecule is CCc1ccc(CON=Cc2cccc(Br)c2)cc1. The average Bonchev–Trinajstić information content (AvgIpc) is 2.44. The van der Waals surface area contributed by atoms with Crippen molar-refractivity contribution >= 4 is 22.1 Å². The molecule has 2 aromatic carbocycles. The zero-order chi connectivity index (χ0) is 13.5. The van der Waals surface area contributed by atoms with Crippen molar-refractivity contribution in [2.45, 2.75) is 20.0 Å². The second-order valence-electron chi connectivity index (χ2n) is 4.23. The van der Waals surface area contributed by atoms with Gasteiger partial charge >= 0.3 is 0 Å². The lowest BCUT2D eigenvalue weighted by Gasteiger charge is -2.01. The smallest absolute Gasteiger partial charge is 0.142 e. The molecule has 2 nitrogen and oxygen atoms in total. The van der Waals surface area contributed by atoms with E-state index in [1.165, 1.54) is 5.56 Å². The van der Waals surface area contributed by atoms with Gasteiger partial charge in [0, 0.05) is 4.47 Å². The Balaban J connectivity index is 1.85. The Bertz CT molecular complexity index is 549. The molecule has 0 amide bonds. The fraction of sp³-hybridized carbons (Fsp3) is 0.188. The molecule has 19 heavy (non-hydrogen) atoms. The zero-order valence-corrected chi connectivity index (χ0v) is 12.4. The van der Waals surface area contributed by atoms with E-state index in [9.17, 15) is 0 Å². The van der Waals surface area contributed by atoms with Gasteiger partial charge in [0.25, 0.3) is 0 Å². The van der Waals surface area contributed by atoms with Gasteiger partial charge < -0.3 is 4.84 Å². The molecule has 0 heterocycles. The predicted molar refractivity (Wildman–Crippen MR) is 82.3 cm³/mol. The van der Waals surface area contributed by atoms with Gasteiger partial charge in [-0.3, -0.25) is 0 Å². The minimum absolute atomic E-state index is 0.495. The molecule has 0 saturated carbocycles. The number of hydrogen-bond acceptors (Lipinski definition) is 2. The van der Waals surface area contributed by atoms with Gasteiger partial charge in [0.1, 0.15) is 6.61 Å². The number of benzene rings is 2. The Hall–Kier alpha value is -1.61. The molecule has 2 aromatic rings. The minimum Gasteiger partial charge on any atom is -0.391 e. The molecular formula is C16H16BrNO. The summed E-state index contributed by atoms with van der Waals surface area (Å²) in [7, 11) is 0. The van der Waals surface area contributed by atoms with Crippen molar-refractivity contribution in [1.82, 2.24) is 0 Å². The topological polar surface area (TPSA) is 21.6 Å². The van der Waals surface area contributed by atoms with Crippen LogP contribution in [0.3, 0.4) is 0 Å². The third kappa shape index (κ3) is 4.52. The number of halogens is 1. The van der Waals surface area contributed by atoms with Gasteiger partial charge in [-0.15, -0.1) is 0 Å². The van der Waals surface area contributed by atoms with Crippen LogP contribution in [0.2, 0.25) is 0 Å². The summed E-state index contributed by atoms with van der Waals surface area (Å²) in [4.78, 5) is 5.29. The van der Waals surface area contributed by atoms with Gasteiger partial charge in [-0.05, 0) is 35.2 Å². The average molecular weight is 318 g/mol. The van der Waals surface area contributed by atoms with Crippen molar-refractivity contribution in [1.29, 1.82) is 0 Å². The summed E-state index contributed by atoms with van der Waals surface area (Å²) in [5, 5.41) is 3.97. The van der Waals surface area contributed by atoms with Gasteiger partial charge in [0.05, 0.1) is 6.21 Å². The first-order chi connectivity index (χ1) is 9.28. The van der Waals surface area contributed by atoms with Crippen LogP contribution in [0, 0.1) is 0 Å². The van der Waals surface area contributed by atoms with Crippen molar-refractivity contribution in [2.75, 3.05) is 0 Å². The van der Waals surface area contributed by atoms with Crippen LogP contribution in [0.15, 0.2) is 58.2 Å². The van der Waals surface area contributed by atoms with E-state index in [4.69, 9.17) is 4.84 Å². The van der Waals surface area contributed by atoms with E-state index in [0.29, 0.717) is 6.61 Å². The molecule has 0 bridgehead atoms. The normalized spacial score (nSPS) is 10.8. The molecule has 0 spiro atoms. The van der Waals surface area contributed by atoms with Crippen molar-refractivity contribution < 1.29 is 4.84 Å². The number of nitrogens with zero attached hydrogens (tertiary/aromatic N) is 1. The Kier molecular flexibility index (Phi) is 5.16. The fourth-order valence-electron chi connectivity index (χ4n) is 1.67. The Morgan fingerprint density at radius 2 is 1.84 bits per heavy atom. The molecule has 0 aromatic heterocycles. The van der Waals surface area contributed by atoms with E-state index in [1.807, 2.05) is 24.3 Å². The fourth-order valence-corrected chi connectivity index (χ4v) is 2.08. The largest absolute Gasteiger partial charge is 0.391 e. The van der Waals surface area contributed by atoms with Gasteiger partial charge in [-0.1, -0.05) is 64.4 Å². The first kappa shape index (κ1) is 13.8. The molecule has 0 aliphatic heterocycles. The summed E-state index contributed by atoms with van der Waals surface area (Å²) in [5.74, 6) is 0. The maximum Gasteiger partial charge on any atom is 0.142 e. The van der Waals surface area contributed by atoms with Gasteiger partial charge in [-0.25, -0.2) is 0 Å². The van der Waals surface area contributed by atoms with Crippen molar-refractivity contribution in [3.63, 3.8) is 0 Å². The highest BCUT2D eigenvalue weighted by atomic mass is 79.9. The van der Waals surface area contributed by atoms with Crippen LogP contribution in [-0.4, -0.2) is 6.21 Å². The lowest BCUT2D eigenvalue weighted by molar-refractivity contribution is 0.132. The van der Waals surface area contributed by atoms with Crippen LogP contribution in [0.4, 0.5) is 0 Å². The summed E-state index contributed by atoms with van der Waals surface area (Å²) in [6.07, 6.45) is 2.77. The summed E-state index contributed by atoms with van der Waals surface area (Å²) in [5.41, 5.74) is 3.47. The summed E-state index contributed by atoms with van der Waals surface area (Å²) >= 11 is 3.42. The van der Waals surface area contributed by atoms with Crippen molar-refractivity contribution in [2.24, 2.45) is 5.16 Å². The molecule has 0 aliphatic rings. The third-order valence-electron chi connectivity index (χ3n) is 2.79. The van der Waals surface area contributed by atoms with E-state index in [0.717, 1.165) is 22.0 Å². The molecule has 0 radical (unpaired) electrons. The number of hydrogen-bond donors (Lipinski definition) is 0. The van der Waals surface area contributed by atoms with Crippen LogP contribution in [0.25, 0.3) is 0 Å². The lowest BCUT2D eigenvalue weighted by Crippen LogP contribution is -1.89. The molecule has 0 fully saturated rings. The quantitative estimate of drug-likeness (QED) is 0.585. The van der Waals surface area contributed by atoms with Crippen LogP contribution >= 0.6 is 15.9 Å². The van der Waals surface area contributed by atoms with Crippen molar-refractivity contribution in [3.05, 3.63) is 69.7 Å². The van der Waals surface area contributed by atoms with Crippen LogP contribution in [0.1, 0.15) is 23.6 Å². The molecular weight excluding hydrogens is 302 g/mol. The second kappa shape index (κ2) is 7.10. The van der Waals surface area contributed by atoms with Crippen LogP contribution < -0.4 is 0 Å².